The monoisotopic (exact) mass is 328 g/mol. The van der Waals surface area contributed by atoms with Crippen LogP contribution in [0.3, 0.4) is 0 Å². The molecule has 1 atom stereocenters. The van der Waals surface area contributed by atoms with Crippen molar-refractivity contribution in [1.82, 2.24) is 4.57 Å². The van der Waals surface area contributed by atoms with E-state index in [4.69, 9.17) is 19.2 Å². The van der Waals surface area contributed by atoms with Crippen LogP contribution in [-0.2, 0) is 11.3 Å². The molecule has 0 aliphatic carbocycles. The van der Waals surface area contributed by atoms with E-state index < -0.39 is 0 Å². The molecule has 0 saturated carbocycles. The van der Waals surface area contributed by atoms with Crippen LogP contribution in [0.5, 0.6) is 11.5 Å². The van der Waals surface area contributed by atoms with E-state index in [1.807, 2.05) is 36.5 Å². The van der Waals surface area contributed by atoms with Crippen LogP contribution < -0.4 is 9.47 Å². The number of benzene rings is 1. The van der Waals surface area contributed by atoms with Gasteiger partial charge in [0.25, 0.3) is 0 Å². The Balaban J connectivity index is 1.89. The van der Waals surface area contributed by atoms with Gasteiger partial charge in [0.2, 0.25) is 5.90 Å². The highest BCUT2D eigenvalue weighted by molar-refractivity contribution is 5.93. The molecule has 0 saturated heterocycles. The summed E-state index contributed by atoms with van der Waals surface area (Å²) < 4.78 is 18.9. The number of ether oxygens (including phenoxy) is 3. The van der Waals surface area contributed by atoms with E-state index in [9.17, 15) is 0 Å². The van der Waals surface area contributed by atoms with Crippen molar-refractivity contribution >= 4 is 5.90 Å². The second kappa shape index (κ2) is 6.99. The predicted molar refractivity (Wildman–Crippen MR) is 94.2 cm³/mol. The normalized spacial score (nSPS) is 16.9. The van der Waals surface area contributed by atoms with Gasteiger partial charge in [0, 0.05) is 11.8 Å². The second-order valence-corrected chi connectivity index (χ2v) is 6.23. The summed E-state index contributed by atoms with van der Waals surface area (Å²) in [7, 11) is 3.31. The first-order chi connectivity index (χ1) is 11.6. The first-order valence-corrected chi connectivity index (χ1v) is 8.20. The zero-order valence-electron chi connectivity index (χ0n) is 14.7. The van der Waals surface area contributed by atoms with Crippen molar-refractivity contribution in [3.8, 4) is 11.5 Å². The quantitative estimate of drug-likeness (QED) is 0.817. The van der Waals surface area contributed by atoms with Crippen LogP contribution in [0.15, 0.2) is 41.5 Å². The van der Waals surface area contributed by atoms with Crippen molar-refractivity contribution in [1.29, 1.82) is 0 Å². The van der Waals surface area contributed by atoms with Crippen molar-refractivity contribution in [2.45, 2.75) is 26.4 Å². The first-order valence-electron chi connectivity index (χ1n) is 8.20. The van der Waals surface area contributed by atoms with Gasteiger partial charge in [-0.3, -0.25) is 0 Å². The maximum atomic E-state index is 5.82. The Morgan fingerprint density at radius 1 is 1.21 bits per heavy atom. The SMILES string of the molecule is COc1cccc(Cn2cccc2C2=NC(C(C)C)CO2)c1OC. The number of aromatic nitrogens is 1. The minimum atomic E-state index is 0.231. The summed E-state index contributed by atoms with van der Waals surface area (Å²) >= 11 is 0. The van der Waals surface area contributed by atoms with E-state index in [2.05, 4.69) is 18.4 Å². The fourth-order valence-corrected chi connectivity index (χ4v) is 2.88. The molecule has 0 radical (unpaired) electrons. The third-order valence-electron chi connectivity index (χ3n) is 4.32. The first kappa shape index (κ1) is 16.4. The van der Waals surface area contributed by atoms with Crippen LogP contribution >= 0.6 is 0 Å². The molecule has 1 aliphatic heterocycles. The fraction of sp³-hybridized carbons (Fsp3) is 0.421. The lowest BCUT2D eigenvalue weighted by Gasteiger charge is -2.14. The van der Waals surface area contributed by atoms with Crippen molar-refractivity contribution < 1.29 is 14.2 Å². The molecule has 2 heterocycles. The molecule has 0 N–H and O–H groups in total. The molecule has 0 bridgehead atoms. The van der Waals surface area contributed by atoms with Gasteiger partial charge < -0.3 is 18.8 Å². The van der Waals surface area contributed by atoms with Crippen molar-refractivity contribution in [2.75, 3.05) is 20.8 Å². The van der Waals surface area contributed by atoms with Crippen molar-refractivity contribution in [3.63, 3.8) is 0 Å². The van der Waals surface area contributed by atoms with Crippen molar-refractivity contribution in [3.05, 3.63) is 47.8 Å². The molecular weight excluding hydrogens is 304 g/mol. The molecule has 1 aromatic carbocycles. The Labute approximate surface area is 142 Å². The lowest BCUT2D eigenvalue weighted by molar-refractivity contribution is 0.290. The molecule has 0 spiro atoms. The topological polar surface area (TPSA) is 45.0 Å². The van der Waals surface area contributed by atoms with Gasteiger partial charge >= 0.3 is 0 Å². The van der Waals surface area contributed by atoms with Gasteiger partial charge in [0.05, 0.1) is 26.8 Å². The molecule has 5 nitrogen and oxygen atoms in total. The number of aliphatic imine (C=N–C) groups is 1. The fourth-order valence-electron chi connectivity index (χ4n) is 2.88. The molecule has 1 aromatic heterocycles. The Morgan fingerprint density at radius 2 is 2.04 bits per heavy atom. The zero-order chi connectivity index (χ0) is 17.1. The summed E-state index contributed by atoms with van der Waals surface area (Å²) in [6, 6.07) is 10.2. The van der Waals surface area contributed by atoms with Gasteiger partial charge in [-0.2, -0.15) is 0 Å². The van der Waals surface area contributed by atoms with E-state index in [0.717, 1.165) is 28.7 Å². The minimum absolute atomic E-state index is 0.231. The highest BCUT2D eigenvalue weighted by Gasteiger charge is 2.24. The molecule has 128 valence electrons. The van der Waals surface area contributed by atoms with E-state index in [0.29, 0.717) is 19.1 Å². The van der Waals surface area contributed by atoms with Crippen LogP contribution in [0.1, 0.15) is 25.1 Å². The summed E-state index contributed by atoms with van der Waals surface area (Å²) in [4.78, 5) is 4.73. The van der Waals surface area contributed by atoms with E-state index in [-0.39, 0.29) is 6.04 Å². The molecule has 5 heteroatoms. The average Bonchev–Trinajstić information content (AvgIpc) is 3.23. The van der Waals surface area contributed by atoms with Gasteiger partial charge in [-0.15, -0.1) is 0 Å². The number of rotatable bonds is 6. The Bertz CT molecular complexity index is 734. The predicted octanol–water partition coefficient (Wildman–Crippen LogP) is 3.36. The molecule has 0 amide bonds. The Morgan fingerprint density at radius 3 is 2.71 bits per heavy atom. The third kappa shape index (κ3) is 3.11. The molecule has 0 fully saturated rings. The number of methoxy groups -OCH3 is 2. The lowest BCUT2D eigenvalue weighted by atomic mass is 10.1. The molecule has 2 aromatic rings. The van der Waals surface area contributed by atoms with Gasteiger partial charge in [-0.25, -0.2) is 4.99 Å². The third-order valence-corrected chi connectivity index (χ3v) is 4.32. The number of hydrogen-bond donors (Lipinski definition) is 0. The van der Waals surface area contributed by atoms with Crippen LogP contribution in [0.4, 0.5) is 0 Å². The highest BCUT2D eigenvalue weighted by atomic mass is 16.5. The molecule has 1 aliphatic rings. The summed E-state index contributed by atoms with van der Waals surface area (Å²) in [5.74, 6) is 2.69. The van der Waals surface area contributed by atoms with Crippen LogP contribution in [0.2, 0.25) is 0 Å². The summed E-state index contributed by atoms with van der Waals surface area (Å²) in [6.07, 6.45) is 2.03. The molecule has 24 heavy (non-hydrogen) atoms. The molecular formula is C19H24N2O3. The Kier molecular flexibility index (Phi) is 4.79. The summed E-state index contributed by atoms with van der Waals surface area (Å²) in [6.45, 7) is 5.65. The number of hydrogen-bond acceptors (Lipinski definition) is 4. The Hall–Kier alpha value is -2.43. The highest BCUT2D eigenvalue weighted by Crippen LogP contribution is 2.31. The van der Waals surface area contributed by atoms with Crippen LogP contribution in [-0.4, -0.2) is 37.3 Å². The van der Waals surface area contributed by atoms with Gasteiger partial charge in [-0.05, 0) is 24.1 Å². The number of para-hydroxylation sites is 1. The minimum Gasteiger partial charge on any atom is -0.493 e. The number of nitrogens with zero attached hydrogens (tertiary/aromatic N) is 2. The summed E-state index contributed by atoms with van der Waals surface area (Å²) in [5.41, 5.74) is 2.04. The van der Waals surface area contributed by atoms with Crippen LogP contribution in [0, 0.1) is 5.92 Å². The average molecular weight is 328 g/mol. The second-order valence-electron chi connectivity index (χ2n) is 6.23. The lowest BCUT2D eigenvalue weighted by Crippen LogP contribution is -2.13. The molecule has 3 rings (SSSR count). The van der Waals surface area contributed by atoms with E-state index >= 15 is 0 Å². The zero-order valence-corrected chi connectivity index (χ0v) is 14.7. The van der Waals surface area contributed by atoms with Gasteiger partial charge in [0.15, 0.2) is 11.5 Å². The van der Waals surface area contributed by atoms with E-state index in [1.54, 1.807) is 14.2 Å². The maximum Gasteiger partial charge on any atom is 0.233 e. The smallest absolute Gasteiger partial charge is 0.233 e. The standard InChI is InChI=1S/C19H24N2O3/c1-13(2)15-12-24-19(20-15)16-8-6-10-21(16)11-14-7-5-9-17(22-3)18(14)23-4/h5-10,13,15H,11-12H2,1-4H3. The van der Waals surface area contributed by atoms with Gasteiger partial charge in [0.1, 0.15) is 12.3 Å². The van der Waals surface area contributed by atoms with Gasteiger partial charge in [-0.1, -0.05) is 26.0 Å². The summed E-state index contributed by atoms with van der Waals surface area (Å²) in [5, 5.41) is 0. The largest absolute Gasteiger partial charge is 0.493 e. The van der Waals surface area contributed by atoms with Crippen LogP contribution in [0.25, 0.3) is 0 Å². The van der Waals surface area contributed by atoms with Crippen molar-refractivity contribution in [2.24, 2.45) is 10.9 Å². The maximum absolute atomic E-state index is 5.82. The molecule has 1 unspecified atom stereocenters. The van der Waals surface area contributed by atoms with E-state index in [1.165, 1.54) is 0 Å².